The van der Waals surface area contributed by atoms with Crippen LogP contribution in [0.25, 0.3) is 16.7 Å². The van der Waals surface area contributed by atoms with Crippen LogP contribution >= 0.6 is 11.6 Å². The first-order valence-corrected chi connectivity index (χ1v) is 6.54. The summed E-state index contributed by atoms with van der Waals surface area (Å²) in [5, 5.41) is 9.52. The van der Waals surface area contributed by atoms with Gasteiger partial charge in [0.1, 0.15) is 5.75 Å². The quantitative estimate of drug-likeness (QED) is 0.788. The van der Waals surface area contributed by atoms with Crippen molar-refractivity contribution in [2.24, 2.45) is 0 Å². The third-order valence-electron chi connectivity index (χ3n) is 3.20. The van der Waals surface area contributed by atoms with E-state index < -0.39 is 0 Å². The third kappa shape index (κ3) is 2.06. The fourth-order valence-corrected chi connectivity index (χ4v) is 2.53. The Kier molecular flexibility index (Phi) is 3.16. The molecule has 21 heavy (non-hydrogen) atoms. The summed E-state index contributed by atoms with van der Waals surface area (Å²) in [5.41, 5.74) is 8.62. The molecule has 0 unspecified atom stereocenters. The molecule has 104 valence electrons. The second-order valence-corrected chi connectivity index (χ2v) is 4.82. The Bertz CT molecular complexity index is 879. The van der Waals surface area contributed by atoms with Crippen molar-refractivity contribution in [2.75, 3.05) is 12.8 Å². The molecule has 0 aliphatic heterocycles. The predicted octanol–water partition coefficient (Wildman–Crippen LogP) is 3.14. The summed E-state index contributed by atoms with van der Waals surface area (Å²) in [6, 6.07) is 12.6. The molecule has 2 N–H and O–H groups in total. The molecule has 0 aliphatic carbocycles. The summed E-state index contributed by atoms with van der Waals surface area (Å²) in [5.74, 6) is 0.834. The van der Waals surface area contributed by atoms with Crippen LogP contribution in [0.4, 0.5) is 5.95 Å². The van der Waals surface area contributed by atoms with Crippen LogP contribution in [0.5, 0.6) is 5.75 Å². The molecule has 0 atom stereocenters. The van der Waals surface area contributed by atoms with Gasteiger partial charge in [-0.2, -0.15) is 5.26 Å². The highest BCUT2D eigenvalue weighted by Gasteiger charge is 2.16. The Morgan fingerprint density at radius 2 is 2.14 bits per heavy atom. The van der Waals surface area contributed by atoms with Crippen molar-refractivity contribution in [3.8, 4) is 17.5 Å². The van der Waals surface area contributed by atoms with Gasteiger partial charge in [0.25, 0.3) is 0 Å². The SMILES string of the molecule is COc1cc(C#N)ccc1-n1c(N)nc2cccc(Cl)c21. The largest absolute Gasteiger partial charge is 0.495 e. The number of anilines is 1. The minimum absolute atomic E-state index is 0.307. The zero-order chi connectivity index (χ0) is 15.0. The van der Waals surface area contributed by atoms with Crippen LogP contribution in [0.3, 0.4) is 0 Å². The Morgan fingerprint density at radius 3 is 2.86 bits per heavy atom. The zero-order valence-corrected chi connectivity index (χ0v) is 11.9. The maximum absolute atomic E-state index is 8.98. The Labute approximate surface area is 126 Å². The standard InChI is InChI=1S/C15H11ClN4O/c1-21-13-7-9(8-17)5-6-12(13)20-14-10(16)3-2-4-11(14)19-15(20)18/h2-7H,1H3,(H2,18,19). The minimum Gasteiger partial charge on any atom is -0.495 e. The van der Waals surface area contributed by atoms with Crippen molar-refractivity contribution in [1.29, 1.82) is 5.26 Å². The minimum atomic E-state index is 0.307. The van der Waals surface area contributed by atoms with E-state index >= 15 is 0 Å². The summed E-state index contributed by atoms with van der Waals surface area (Å²) < 4.78 is 7.08. The lowest BCUT2D eigenvalue weighted by Gasteiger charge is -2.12. The van der Waals surface area contributed by atoms with Crippen LogP contribution < -0.4 is 10.5 Å². The van der Waals surface area contributed by atoms with Gasteiger partial charge in [0.05, 0.1) is 40.5 Å². The van der Waals surface area contributed by atoms with Crippen LogP contribution in [0.1, 0.15) is 5.56 Å². The Hall–Kier alpha value is -2.71. The van der Waals surface area contributed by atoms with Gasteiger partial charge in [0.2, 0.25) is 5.95 Å². The summed E-state index contributed by atoms with van der Waals surface area (Å²) in [7, 11) is 1.54. The van der Waals surface area contributed by atoms with E-state index in [4.69, 9.17) is 27.3 Å². The fraction of sp³-hybridized carbons (Fsp3) is 0.0667. The number of imidazole rings is 1. The van der Waals surface area contributed by atoms with E-state index in [2.05, 4.69) is 11.1 Å². The second-order valence-electron chi connectivity index (χ2n) is 4.41. The molecule has 0 saturated carbocycles. The number of nitrogens with two attached hydrogens (primary N) is 1. The normalized spacial score (nSPS) is 10.5. The maximum atomic E-state index is 8.98. The highest BCUT2D eigenvalue weighted by molar-refractivity contribution is 6.35. The molecule has 2 aromatic carbocycles. The van der Waals surface area contributed by atoms with E-state index in [9.17, 15) is 0 Å². The van der Waals surface area contributed by atoms with E-state index in [1.54, 1.807) is 28.8 Å². The zero-order valence-electron chi connectivity index (χ0n) is 11.2. The highest BCUT2D eigenvalue weighted by Crippen LogP contribution is 2.33. The lowest BCUT2D eigenvalue weighted by molar-refractivity contribution is 0.413. The van der Waals surface area contributed by atoms with Crippen molar-refractivity contribution >= 4 is 28.6 Å². The molecule has 3 aromatic rings. The van der Waals surface area contributed by atoms with Gasteiger partial charge in [0.15, 0.2) is 0 Å². The van der Waals surface area contributed by atoms with Crippen LogP contribution in [-0.4, -0.2) is 16.7 Å². The molecule has 0 aliphatic rings. The van der Waals surface area contributed by atoms with Gasteiger partial charge in [-0.15, -0.1) is 0 Å². The van der Waals surface area contributed by atoms with Crippen molar-refractivity contribution in [3.63, 3.8) is 0 Å². The van der Waals surface area contributed by atoms with Crippen molar-refractivity contribution < 1.29 is 4.74 Å². The smallest absolute Gasteiger partial charge is 0.206 e. The number of aromatic nitrogens is 2. The first kappa shape index (κ1) is 13.3. The molecule has 1 heterocycles. The van der Waals surface area contributed by atoms with Crippen LogP contribution in [0.2, 0.25) is 5.02 Å². The number of methoxy groups -OCH3 is 1. The molecular formula is C15H11ClN4O. The third-order valence-corrected chi connectivity index (χ3v) is 3.51. The molecule has 0 radical (unpaired) electrons. The molecule has 0 amide bonds. The molecule has 3 rings (SSSR count). The average molecular weight is 299 g/mol. The first-order chi connectivity index (χ1) is 10.2. The predicted molar refractivity (Wildman–Crippen MR) is 81.8 cm³/mol. The van der Waals surface area contributed by atoms with Gasteiger partial charge in [-0.25, -0.2) is 4.98 Å². The number of rotatable bonds is 2. The van der Waals surface area contributed by atoms with Gasteiger partial charge in [0, 0.05) is 6.07 Å². The van der Waals surface area contributed by atoms with Crippen LogP contribution in [0, 0.1) is 11.3 Å². The second kappa shape index (κ2) is 5.00. The van der Waals surface area contributed by atoms with Crippen molar-refractivity contribution in [3.05, 3.63) is 47.0 Å². The fourth-order valence-electron chi connectivity index (χ4n) is 2.28. The first-order valence-electron chi connectivity index (χ1n) is 6.16. The lowest BCUT2D eigenvalue weighted by atomic mass is 10.2. The van der Waals surface area contributed by atoms with E-state index in [1.807, 2.05) is 12.1 Å². The number of fused-ring (bicyclic) bond motifs is 1. The van der Waals surface area contributed by atoms with Gasteiger partial charge in [-0.05, 0) is 24.3 Å². The molecule has 1 aromatic heterocycles. The molecular weight excluding hydrogens is 288 g/mol. The number of nitrogen functional groups attached to an aromatic ring is 1. The number of halogens is 1. The maximum Gasteiger partial charge on any atom is 0.206 e. The Balaban J connectivity index is 2.36. The van der Waals surface area contributed by atoms with Crippen molar-refractivity contribution in [2.45, 2.75) is 0 Å². The number of nitriles is 1. The number of para-hydroxylation sites is 1. The summed E-state index contributed by atoms with van der Waals surface area (Å²) >= 11 is 6.27. The average Bonchev–Trinajstić information content (AvgIpc) is 2.84. The molecule has 6 heteroatoms. The molecule has 0 fully saturated rings. The lowest BCUT2D eigenvalue weighted by Crippen LogP contribution is -2.03. The molecule has 0 saturated heterocycles. The molecule has 0 bridgehead atoms. The van der Waals surface area contributed by atoms with Gasteiger partial charge >= 0.3 is 0 Å². The van der Waals surface area contributed by atoms with Gasteiger partial charge in [-0.3, -0.25) is 4.57 Å². The highest BCUT2D eigenvalue weighted by atomic mass is 35.5. The monoisotopic (exact) mass is 298 g/mol. The number of ether oxygens (including phenoxy) is 1. The van der Waals surface area contributed by atoms with Crippen molar-refractivity contribution in [1.82, 2.24) is 9.55 Å². The number of benzene rings is 2. The van der Waals surface area contributed by atoms with E-state index in [0.717, 1.165) is 0 Å². The number of hydrogen-bond donors (Lipinski definition) is 1. The topological polar surface area (TPSA) is 76.9 Å². The van der Waals surface area contributed by atoms with E-state index in [1.165, 1.54) is 7.11 Å². The van der Waals surface area contributed by atoms with Gasteiger partial charge < -0.3 is 10.5 Å². The molecule has 5 nitrogen and oxygen atoms in total. The summed E-state index contributed by atoms with van der Waals surface area (Å²) in [6.07, 6.45) is 0. The summed E-state index contributed by atoms with van der Waals surface area (Å²) in [6.45, 7) is 0. The van der Waals surface area contributed by atoms with E-state index in [-0.39, 0.29) is 0 Å². The van der Waals surface area contributed by atoms with Gasteiger partial charge in [-0.1, -0.05) is 17.7 Å². The van der Waals surface area contributed by atoms with E-state index in [0.29, 0.717) is 39.0 Å². The number of hydrogen-bond acceptors (Lipinski definition) is 4. The Morgan fingerprint density at radius 1 is 1.33 bits per heavy atom. The summed E-state index contributed by atoms with van der Waals surface area (Å²) in [4.78, 5) is 4.30. The number of nitrogens with zero attached hydrogens (tertiary/aromatic N) is 3. The molecule has 0 spiro atoms. The van der Waals surface area contributed by atoms with Crippen LogP contribution in [-0.2, 0) is 0 Å². The van der Waals surface area contributed by atoms with Crippen LogP contribution in [0.15, 0.2) is 36.4 Å².